The zero-order valence-electron chi connectivity index (χ0n) is 10.5. The summed E-state index contributed by atoms with van der Waals surface area (Å²) in [5.74, 6) is 0.912. The van der Waals surface area contributed by atoms with E-state index in [-0.39, 0.29) is 6.10 Å². The molecule has 1 aliphatic rings. The largest absolute Gasteiger partial charge is 0.371 e. The molecule has 0 bridgehead atoms. The highest BCUT2D eigenvalue weighted by molar-refractivity contribution is 7.09. The fourth-order valence-corrected chi connectivity index (χ4v) is 2.95. The summed E-state index contributed by atoms with van der Waals surface area (Å²) in [5.41, 5.74) is 0. The van der Waals surface area contributed by atoms with Gasteiger partial charge in [0.1, 0.15) is 11.1 Å². The van der Waals surface area contributed by atoms with E-state index in [0.717, 1.165) is 17.5 Å². The topological polar surface area (TPSA) is 34.1 Å². The van der Waals surface area contributed by atoms with E-state index >= 15 is 0 Å². The maximum Gasteiger partial charge on any atom is 0.121 e. The Labute approximate surface area is 108 Å². The van der Waals surface area contributed by atoms with Gasteiger partial charge in [-0.1, -0.05) is 0 Å². The third-order valence-electron chi connectivity index (χ3n) is 3.38. The minimum Gasteiger partial charge on any atom is -0.371 e. The van der Waals surface area contributed by atoms with Crippen molar-refractivity contribution < 1.29 is 4.74 Å². The molecule has 2 heterocycles. The van der Waals surface area contributed by atoms with Crippen LogP contribution < -0.4 is 5.32 Å². The molecule has 0 radical (unpaired) electrons. The summed E-state index contributed by atoms with van der Waals surface area (Å²) in [7, 11) is 0. The molecule has 0 aromatic carbocycles. The molecule has 1 aromatic heterocycles. The van der Waals surface area contributed by atoms with E-state index in [0.29, 0.717) is 0 Å². The van der Waals surface area contributed by atoms with Crippen LogP contribution in [0.5, 0.6) is 0 Å². The summed E-state index contributed by atoms with van der Waals surface area (Å²) < 4.78 is 5.81. The lowest BCUT2D eigenvalue weighted by Gasteiger charge is -2.22. The molecule has 1 aliphatic heterocycles. The number of hydrogen-bond acceptors (Lipinski definition) is 4. The number of nitrogens with zero attached hydrogens (tertiary/aromatic N) is 1. The Morgan fingerprint density at radius 3 is 3.06 bits per heavy atom. The Morgan fingerprint density at radius 2 is 2.35 bits per heavy atom. The molecular formula is C13H22N2OS. The Bertz CT molecular complexity index is 296. The fraction of sp³-hybridized carbons (Fsp3) is 0.769. The summed E-state index contributed by atoms with van der Waals surface area (Å²) in [5, 5.41) is 6.50. The smallest absolute Gasteiger partial charge is 0.121 e. The fourth-order valence-electron chi connectivity index (χ4n) is 2.31. The second-order valence-corrected chi connectivity index (χ2v) is 5.65. The highest BCUT2D eigenvalue weighted by Gasteiger charge is 2.13. The van der Waals surface area contributed by atoms with Crippen LogP contribution in [-0.2, 0) is 4.74 Å². The van der Waals surface area contributed by atoms with Crippen LogP contribution in [0.3, 0.4) is 0 Å². The number of thiazole rings is 1. The van der Waals surface area contributed by atoms with E-state index in [1.54, 1.807) is 11.3 Å². The molecule has 0 spiro atoms. The Morgan fingerprint density at radius 1 is 1.53 bits per heavy atom. The van der Waals surface area contributed by atoms with Gasteiger partial charge >= 0.3 is 0 Å². The predicted octanol–water partition coefficient (Wildman–Crippen LogP) is 3.00. The molecule has 1 fully saturated rings. The van der Waals surface area contributed by atoms with Gasteiger partial charge in [-0.25, -0.2) is 4.98 Å². The third-order valence-corrected chi connectivity index (χ3v) is 4.32. The van der Waals surface area contributed by atoms with Gasteiger partial charge in [0.2, 0.25) is 0 Å². The van der Waals surface area contributed by atoms with Crippen molar-refractivity contribution >= 4 is 11.3 Å². The van der Waals surface area contributed by atoms with Crippen LogP contribution >= 0.6 is 11.3 Å². The molecule has 0 amide bonds. The standard InChI is InChI=1S/C13H22N2OS/c1-11(13-15-8-10-17-13)16-9-2-3-12-4-6-14-7-5-12/h8,10-12,14H,2-7,9H2,1H3. The highest BCUT2D eigenvalue weighted by Crippen LogP contribution is 2.21. The molecule has 1 saturated heterocycles. The Balaban J connectivity index is 1.56. The van der Waals surface area contributed by atoms with Gasteiger partial charge < -0.3 is 10.1 Å². The van der Waals surface area contributed by atoms with Gasteiger partial charge in [-0.05, 0) is 51.6 Å². The van der Waals surface area contributed by atoms with E-state index in [1.165, 1.54) is 38.8 Å². The van der Waals surface area contributed by atoms with Gasteiger partial charge in [0.05, 0.1) is 0 Å². The van der Waals surface area contributed by atoms with Gasteiger partial charge in [0.25, 0.3) is 0 Å². The van der Waals surface area contributed by atoms with Crippen molar-refractivity contribution in [2.24, 2.45) is 5.92 Å². The normalized spacial score (nSPS) is 19.4. The van der Waals surface area contributed by atoms with Crippen LogP contribution in [0.2, 0.25) is 0 Å². The zero-order valence-corrected chi connectivity index (χ0v) is 11.3. The lowest BCUT2D eigenvalue weighted by Crippen LogP contribution is -2.27. The van der Waals surface area contributed by atoms with Crippen molar-refractivity contribution in [3.8, 4) is 0 Å². The predicted molar refractivity (Wildman–Crippen MR) is 71.3 cm³/mol. The minimum atomic E-state index is 0.156. The molecule has 1 atom stereocenters. The molecule has 1 N–H and O–H groups in total. The lowest BCUT2D eigenvalue weighted by molar-refractivity contribution is 0.0599. The summed E-state index contributed by atoms with van der Waals surface area (Å²) in [4.78, 5) is 4.27. The summed E-state index contributed by atoms with van der Waals surface area (Å²) in [6.07, 6.45) is 7.16. The number of hydrogen-bond donors (Lipinski definition) is 1. The lowest BCUT2D eigenvalue weighted by atomic mass is 9.93. The number of rotatable bonds is 6. The van der Waals surface area contributed by atoms with E-state index in [2.05, 4.69) is 17.2 Å². The quantitative estimate of drug-likeness (QED) is 0.792. The summed E-state index contributed by atoms with van der Waals surface area (Å²) in [6.45, 7) is 5.34. The molecule has 96 valence electrons. The van der Waals surface area contributed by atoms with Gasteiger partial charge in [-0.3, -0.25) is 0 Å². The van der Waals surface area contributed by atoms with Crippen LogP contribution in [0.15, 0.2) is 11.6 Å². The first kappa shape index (κ1) is 13.0. The number of aromatic nitrogens is 1. The van der Waals surface area contributed by atoms with Crippen LogP contribution in [0, 0.1) is 5.92 Å². The molecule has 3 nitrogen and oxygen atoms in total. The molecule has 1 unspecified atom stereocenters. The van der Waals surface area contributed by atoms with E-state index in [4.69, 9.17) is 4.74 Å². The average molecular weight is 254 g/mol. The van der Waals surface area contributed by atoms with Crippen molar-refractivity contribution in [2.75, 3.05) is 19.7 Å². The SMILES string of the molecule is CC(OCCCC1CCNCC1)c1nccs1. The molecule has 17 heavy (non-hydrogen) atoms. The molecule has 0 aliphatic carbocycles. The van der Waals surface area contributed by atoms with Gasteiger partial charge in [0.15, 0.2) is 0 Å². The maximum absolute atomic E-state index is 5.81. The second kappa shape index (κ2) is 7.09. The summed E-state index contributed by atoms with van der Waals surface area (Å²) >= 11 is 1.67. The van der Waals surface area contributed by atoms with Gasteiger partial charge in [-0.15, -0.1) is 11.3 Å². The number of nitrogens with one attached hydrogen (secondary N) is 1. The first-order valence-electron chi connectivity index (χ1n) is 6.58. The van der Waals surface area contributed by atoms with Crippen LogP contribution in [0.1, 0.15) is 43.7 Å². The zero-order chi connectivity index (χ0) is 11.9. The summed E-state index contributed by atoms with van der Waals surface area (Å²) in [6, 6.07) is 0. The highest BCUT2D eigenvalue weighted by atomic mass is 32.1. The molecule has 1 aromatic rings. The van der Waals surface area contributed by atoms with E-state index in [9.17, 15) is 0 Å². The van der Waals surface area contributed by atoms with Gasteiger partial charge in [0, 0.05) is 18.2 Å². The minimum absolute atomic E-state index is 0.156. The van der Waals surface area contributed by atoms with Crippen molar-refractivity contribution in [1.29, 1.82) is 0 Å². The van der Waals surface area contributed by atoms with Crippen LogP contribution in [0.25, 0.3) is 0 Å². The van der Waals surface area contributed by atoms with Crippen molar-refractivity contribution in [3.63, 3.8) is 0 Å². The first-order chi connectivity index (χ1) is 8.36. The van der Waals surface area contributed by atoms with Crippen LogP contribution in [-0.4, -0.2) is 24.7 Å². The molecule has 4 heteroatoms. The molecule has 2 rings (SSSR count). The third kappa shape index (κ3) is 4.37. The van der Waals surface area contributed by atoms with Crippen molar-refractivity contribution in [3.05, 3.63) is 16.6 Å². The Hall–Kier alpha value is -0.450. The van der Waals surface area contributed by atoms with Crippen molar-refractivity contribution in [2.45, 2.75) is 38.7 Å². The second-order valence-electron chi connectivity index (χ2n) is 4.72. The van der Waals surface area contributed by atoms with Crippen LogP contribution in [0.4, 0.5) is 0 Å². The average Bonchev–Trinajstić information content (AvgIpc) is 2.89. The van der Waals surface area contributed by atoms with E-state index in [1.807, 2.05) is 11.6 Å². The Kier molecular flexibility index (Phi) is 5.42. The monoisotopic (exact) mass is 254 g/mol. The number of ether oxygens (including phenoxy) is 1. The first-order valence-corrected chi connectivity index (χ1v) is 7.46. The molecule has 0 saturated carbocycles. The molecular weight excluding hydrogens is 232 g/mol. The van der Waals surface area contributed by atoms with Gasteiger partial charge in [-0.2, -0.15) is 0 Å². The number of piperidine rings is 1. The van der Waals surface area contributed by atoms with E-state index < -0.39 is 0 Å². The van der Waals surface area contributed by atoms with Crippen molar-refractivity contribution in [1.82, 2.24) is 10.3 Å². The maximum atomic E-state index is 5.81.